The van der Waals surface area contributed by atoms with Crippen molar-refractivity contribution < 1.29 is 18.9 Å². The van der Waals surface area contributed by atoms with Crippen molar-refractivity contribution in [3.63, 3.8) is 0 Å². The first-order chi connectivity index (χ1) is 17.1. The van der Waals surface area contributed by atoms with Gasteiger partial charge in [-0.3, -0.25) is 4.79 Å². The van der Waals surface area contributed by atoms with Gasteiger partial charge in [0.1, 0.15) is 17.3 Å². The minimum atomic E-state index is -0.110. The molecule has 1 N–H and O–H groups in total. The normalized spacial score (nSPS) is 14.2. The number of halogens is 1. The number of aryl methyl sites for hydroxylation is 2. The fourth-order valence-electron chi connectivity index (χ4n) is 4.59. The van der Waals surface area contributed by atoms with Gasteiger partial charge in [0.15, 0.2) is 23.0 Å². The minimum absolute atomic E-state index is 0.110. The Morgan fingerprint density at radius 3 is 2.86 bits per heavy atom. The van der Waals surface area contributed by atoms with Crippen LogP contribution in [0.15, 0.2) is 35.1 Å². The van der Waals surface area contributed by atoms with E-state index in [9.17, 15) is 4.79 Å². The number of benzene rings is 2. The standard InChI is InChI=1S/C26H23ClN2O5S/c1-2-31-20-11-15(24-28-25(30)22-16-5-3-4-6-21(16)35-26(22)29-24)10-17(27)23(20)32-12-14-7-8-18-19(9-14)34-13-33-18/h7-11H,2-6,12-13H2,1H3,(H,28,29,30). The Kier molecular flexibility index (Phi) is 5.78. The van der Waals surface area contributed by atoms with Gasteiger partial charge >= 0.3 is 0 Å². The number of fused-ring (bicyclic) bond motifs is 4. The molecule has 6 rings (SSSR count). The molecular formula is C26H23ClN2O5S. The van der Waals surface area contributed by atoms with Crippen molar-refractivity contribution in [3.8, 4) is 34.4 Å². The summed E-state index contributed by atoms with van der Waals surface area (Å²) in [5.41, 5.74) is 2.63. The van der Waals surface area contributed by atoms with Crippen LogP contribution < -0.4 is 24.5 Å². The number of thiophene rings is 1. The van der Waals surface area contributed by atoms with Crippen molar-refractivity contribution >= 4 is 33.2 Å². The number of hydrogen-bond donors (Lipinski definition) is 1. The molecule has 0 bridgehead atoms. The zero-order chi connectivity index (χ0) is 23.9. The third-order valence-electron chi connectivity index (χ3n) is 6.23. The molecule has 7 nitrogen and oxygen atoms in total. The summed E-state index contributed by atoms with van der Waals surface area (Å²) < 4.78 is 22.7. The molecule has 2 aliphatic rings. The average molecular weight is 511 g/mol. The molecule has 1 aliphatic heterocycles. The highest BCUT2D eigenvalue weighted by Gasteiger charge is 2.22. The van der Waals surface area contributed by atoms with Crippen LogP contribution in [-0.2, 0) is 19.4 Å². The van der Waals surface area contributed by atoms with Gasteiger partial charge in [-0.2, -0.15) is 0 Å². The SMILES string of the molecule is CCOc1cc(-c2nc3sc4c(c3c(=O)[nH]2)CCCC4)cc(Cl)c1OCc1ccc2c(c1)OCO2. The van der Waals surface area contributed by atoms with Crippen molar-refractivity contribution in [3.05, 3.63) is 61.7 Å². The number of nitrogens with zero attached hydrogens (tertiary/aromatic N) is 1. The molecule has 0 saturated carbocycles. The van der Waals surface area contributed by atoms with E-state index in [0.29, 0.717) is 40.3 Å². The second kappa shape index (κ2) is 9.09. The molecule has 35 heavy (non-hydrogen) atoms. The van der Waals surface area contributed by atoms with E-state index in [4.69, 9.17) is 35.5 Å². The maximum atomic E-state index is 13.0. The molecule has 9 heteroatoms. The first-order valence-electron chi connectivity index (χ1n) is 11.6. The van der Waals surface area contributed by atoms with E-state index in [1.165, 1.54) is 4.88 Å². The lowest BCUT2D eigenvalue weighted by Gasteiger charge is -2.15. The minimum Gasteiger partial charge on any atom is -0.490 e. The summed E-state index contributed by atoms with van der Waals surface area (Å²) in [6.45, 7) is 2.82. The van der Waals surface area contributed by atoms with Gasteiger partial charge in [0.2, 0.25) is 6.79 Å². The molecule has 2 aromatic carbocycles. The molecule has 2 aromatic heterocycles. The van der Waals surface area contributed by atoms with Crippen molar-refractivity contribution in [2.75, 3.05) is 13.4 Å². The maximum Gasteiger partial charge on any atom is 0.260 e. The van der Waals surface area contributed by atoms with Crippen LogP contribution in [0.3, 0.4) is 0 Å². The Balaban J connectivity index is 1.33. The van der Waals surface area contributed by atoms with Crippen LogP contribution in [0.2, 0.25) is 5.02 Å². The van der Waals surface area contributed by atoms with Crippen molar-refractivity contribution in [2.24, 2.45) is 0 Å². The number of nitrogens with one attached hydrogen (secondary N) is 1. The van der Waals surface area contributed by atoms with E-state index < -0.39 is 0 Å². The van der Waals surface area contributed by atoms with Crippen LogP contribution in [-0.4, -0.2) is 23.4 Å². The van der Waals surface area contributed by atoms with Crippen LogP contribution in [0.25, 0.3) is 21.6 Å². The van der Waals surface area contributed by atoms with Crippen molar-refractivity contribution in [1.29, 1.82) is 0 Å². The number of hydrogen-bond acceptors (Lipinski definition) is 7. The van der Waals surface area contributed by atoms with Crippen LogP contribution in [0.4, 0.5) is 0 Å². The first kappa shape index (κ1) is 22.2. The van der Waals surface area contributed by atoms with Crippen LogP contribution in [0.5, 0.6) is 23.0 Å². The van der Waals surface area contributed by atoms with Gasteiger partial charge in [-0.05, 0) is 68.0 Å². The molecular weight excluding hydrogens is 488 g/mol. The molecule has 0 spiro atoms. The number of H-pyrrole nitrogens is 1. The van der Waals surface area contributed by atoms with Crippen molar-refractivity contribution in [1.82, 2.24) is 9.97 Å². The van der Waals surface area contributed by atoms with Crippen LogP contribution in [0.1, 0.15) is 35.8 Å². The summed E-state index contributed by atoms with van der Waals surface area (Å²) in [5.74, 6) is 2.80. The Bertz CT molecular complexity index is 1500. The second-order valence-corrected chi connectivity index (χ2v) is 9.99. The molecule has 0 amide bonds. The van der Waals surface area contributed by atoms with E-state index >= 15 is 0 Å². The molecule has 3 heterocycles. The van der Waals surface area contributed by atoms with Gasteiger partial charge in [-0.15, -0.1) is 11.3 Å². The summed E-state index contributed by atoms with van der Waals surface area (Å²) in [5, 5.41) is 1.10. The summed E-state index contributed by atoms with van der Waals surface area (Å²) >= 11 is 8.27. The number of aromatic nitrogens is 2. The zero-order valence-corrected chi connectivity index (χ0v) is 20.7. The predicted molar refractivity (Wildman–Crippen MR) is 135 cm³/mol. The Labute approximate surface area is 210 Å². The van der Waals surface area contributed by atoms with Gasteiger partial charge in [-0.1, -0.05) is 17.7 Å². The third-order valence-corrected chi connectivity index (χ3v) is 7.69. The summed E-state index contributed by atoms with van der Waals surface area (Å²) in [4.78, 5) is 22.8. The Morgan fingerprint density at radius 2 is 1.97 bits per heavy atom. The highest BCUT2D eigenvalue weighted by atomic mass is 35.5. The molecule has 4 aromatic rings. The Morgan fingerprint density at radius 1 is 1.11 bits per heavy atom. The first-order valence-corrected chi connectivity index (χ1v) is 12.8. The number of rotatable bonds is 6. The molecule has 180 valence electrons. The highest BCUT2D eigenvalue weighted by molar-refractivity contribution is 7.18. The van der Waals surface area contributed by atoms with E-state index in [2.05, 4.69) is 4.98 Å². The van der Waals surface area contributed by atoms with Crippen LogP contribution in [0, 0.1) is 0 Å². The van der Waals surface area contributed by atoms with Gasteiger partial charge in [0.05, 0.1) is 17.0 Å². The lowest BCUT2D eigenvalue weighted by molar-refractivity contribution is 0.174. The lowest BCUT2D eigenvalue weighted by atomic mass is 9.97. The predicted octanol–water partition coefficient (Wildman–Crippen LogP) is 5.89. The largest absolute Gasteiger partial charge is 0.490 e. The van der Waals surface area contributed by atoms with E-state index in [1.54, 1.807) is 17.4 Å². The molecule has 1 aliphatic carbocycles. The molecule has 0 saturated heterocycles. The van der Waals surface area contributed by atoms with Gasteiger partial charge in [0.25, 0.3) is 5.56 Å². The topological polar surface area (TPSA) is 82.7 Å². The average Bonchev–Trinajstić information content (AvgIpc) is 3.47. The third kappa shape index (κ3) is 4.10. The fourth-order valence-corrected chi connectivity index (χ4v) is 6.12. The van der Waals surface area contributed by atoms with E-state index in [-0.39, 0.29) is 19.0 Å². The summed E-state index contributed by atoms with van der Waals surface area (Å²) in [6, 6.07) is 9.21. The maximum absolute atomic E-state index is 13.0. The van der Waals surface area contributed by atoms with Crippen molar-refractivity contribution in [2.45, 2.75) is 39.2 Å². The van der Waals surface area contributed by atoms with E-state index in [0.717, 1.165) is 52.8 Å². The number of aromatic amines is 1. The second-order valence-electron chi connectivity index (χ2n) is 8.50. The summed E-state index contributed by atoms with van der Waals surface area (Å²) in [7, 11) is 0. The number of ether oxygens (including phenoxy) is 4. The highest BCUT2D eigenvalue weighted by Crippen LogP contribution is 2.41. The molecule has 0 unspecified atom stereocenters. The fraction of sp³-hybridized carbons (Fsp3) is 0.308. The van der Waals surface area contributed by atoms with Gasteiger partial charge in [-0.25, -0.2) is 4.98 Å². The van der Waals surface area contributed by atoms with E-state index in [1.807, 2.05) is 31.2 Å². The van der Waals surface area contributed by atoms with Crippen LogP contribution >= 0.6 is 22.9 Å². The molecule has 0 fully saturated rings. The smallest absolute Gasteiger partial charge is 0.260 e. The quantitative estimate of drug-likeness (QED) is 0.348. The zero-order valence-electron chi connectivity index (χ0n) is 19.1. The lowest BCUT2D eigenvalue weighted by Crippen LogP contribution is -2.11. The van der Waals surface area contributed by atoms with Gasteiger partial charge < -0.3 is 23.9 Å². The monoisotopic (exact) mass is 510 g/mol. The van der Waals surface area contributed by atoms with Gasteiger partial charge in [0, 0.05) is 10.4 Å². The molecule has 0 atom stereocenters. The molecule has 0 radical (unpaired) electrons. The Hall–Kier alpha value is -3.23. The summed E-state index contributed by atoms with van der Waals surface area (Å²) in [6.07, 6.45) is 4.22.